The smallest absolute Gasteiger partial charge is 0.271 e. The van der Waals surface area contributed by atoms with E-state index in [4.69, 9.17) is 0 Å². The molecule has 0 aromatic carbocycles. The predicted octanol–water partition coefficient (Wildman–Crippen LogP) is 2.11. The van der Waals surface area contributed by atoms with Gasteiger partial charge in [0.1, 0.15) is 11.4 Å². The maximum absolute atomic E-state index is 12.8. The van der Waals surface area contributed by atoms with Crippen molar-refractivity contribution >= 4 is 6.29 Å². The molecule has 6 heteroatoms. The number of hydrogen-bond donors (Lipinski definition) is 0. The SMILES string of the molecule is O=Cc1cnc(F)c(C(F)F)c1F. The zero-order valence-electron chi connectivity index (χ0n) is 6.10. The van der Waals surface area contributed by atoms with E-state index >= 15 is 0 Å². The normalized spacial score (nSPS) is 10.5. The number of pyridine rings is 1. The third-order valence-electron chi connectivity index (χ3n) is 1.37. The fourth-order valence-electron chi connectivity index (χ4n) is 0.766. The Kier molecular flexibility index (Phi) is 2.60. The minimum absolute atomic E-state index is 0.00630. The largest absolute Gasteiger partial charge is 0.298 e. The molecule has 1 aromatic rings. The number of nitrogens with zero attached hydrogens (tertiary/aromatic N) is 1. The lowest BCUT2D eigenvalue weighted by Gasteiger charge is -2.03. The third-order valence-corrected chi connectivity index (χ3v) is 1.37. The fraction of sp³-hybridized carbons (Fsp3) is 0.143. The van der Waals surface area contributed by atoms with Crippen LogP contribution in [0.2, 0.25) is 0 Å². The molecule has 0 fully saturated rings. The van der Waals surface area contributed by atoms with E-state index in [-0.39, 0.29) is 6.29 Å². The van der Waals surface area contributed by atoms with Crippen molar-refractivity contribution in [2.75, 3.05) is 0 Å². The molecule has 0 atom stereocenters. The first-order chi connectivity index (χ1) is 6.07. The number of halogens is 4. The molecule has 70 valence electrons. The van der Waals surface area contributed by atoms with Crippen LogP contribution in [-0.2, 0) is 0 Å². The molecule has 0 saturated carbocycles. The highest BCUT2D eigenvalue weighted by Gasteiger charge is 2.22. The molecule has 0 radical (unpaired) electrons. The summed E-state index contributed by atoms with van der Waals surface area (Å²) in [6.07, 6.45) is -2.77. The van der Waals surface area contributed by atoms with E-state index < -0.39 is 29.3 Å². The highest BCUT2D eigenvalue weighted by atomic mass is 19.3. The summed E-state index contributed by atoms with van der Waals surface area (Å²) in [6, 6.07) is 0. The first-order valence-corrected chi connectivity index (χ1v) is 3.15. The Bertz CT molecular complexity index is 340. The quantitative estimate of drug-likeness (QED) is 0.409. The van der Waals surface area contributed by atoms with Crippen LogP contribution in [0.4, 0.5) is 17.6 Å². The number of alkyl halides is 2. The van der Waals surface area contributed by atoms with Gasteiger partial charge >= 0.3 is 0 Å². The van der Waals surface area contributed by atoms with Gasteiger partial charge in [-0.05, 0) is 0 Å². The van der Waals surface area contributed by atoms with Crippen molar-refractivity contribution in [1.82, 2.24) is 4.98 Å². The molecule has 13 heavy (non-hydrogen) atoms. The molecule has 1 rings (SSSR count). The summed E-state index contributed by atoms with van der Waals surface area (Å²) < 4.78 is 49.2. The maximum atomic E-state index is 12.8. The maximum Gasteiger partial charge on any atom is 0.271 e. The van der Waals surface area contributed by atoms with Crippen molar-refractivity contribution in [3.05, 3.63) is 29.1 Å². The summed E-state index contributed by atoms with van der Waals surface area (Å²) in [4.78, 5) is 12.9. The van der Waals surface area contributed by atoms with Gasteiger partial charge in [0.25, 0.3) is 6.43 Å². The van der Waals surface area contributed by atoms with Crippen molar-refractivity contribution in [1.29, 1.82) is 0 Å². The van der Waals surface area contributed by atoms with E-state index in [2.05, 4.69) is 4.98 Å². The first kappa shape index (κ1) is 9.63. The topological polar surface area (TPSA) is 30.0 Å². The summed E-state index contributed by atoms with van der Waals surface area (Å²) in [7, 11) is 0. The number of aromatic nitrogens is 1. The first-order valence-electron chi connectivity index (χ1n) is 3.15. The van der Waals surface area contributed by atoms with Gasteiger partial charge in [-0.3, -0.25) is 4.79 Å². The fourth-order valence-corrected chi connectivity index (χ4v) is 0.766. The van der Waals surface area contributed by atoms with E-state index in [0.717, 1.165) is 0 Å². The molecule has 0 amide bonds. The number of carbonyl (C=O) groups is 1. The number of rotatable bonds is 2. The Hall–Kier alpha value is -1.46. The highest BCUT2D eigenvalue weighted by molar-refractivity contribution is 5.74. The summed E-state index contributed by atoms with van der Waals surface area (Å²) in [6.45, 7) is 0. The molecule has 0 saturated heterocycles. The Labute approximate surface area is 70.2 Å². The Balaban J connectivity index is 3.38. The van der Waals surface area contributed by atoms with E-state index in [9.17, 15) is 22.4 Å². The summed E-state index contributed by atoms with van der Waals surface area (Å²) >= 11 is 0. The molecule has 0 unspecified atom stereocenters. The second kappa shape index (κ2) is 3.51. The molecule has 1 heterocycles. The zero-order chi connectivity index (χ0) is 10.0. The lowest BCUT2D eigenvalue weighted by Crippen LogP contribution is -2.03. The van der Waals surface area contributed by atoms with Crippen LogP contribution in [-0.4, -0.2) is 11.3 Å². The van der Waals surface area contributed by atoms with Gasteiger partial charge in [-0.25, -0.2) is 18.2 Å². The van der Waals surface area contributed by atoms with Gasteiger partial charge in [0.05, 0.1) is 5.56 Å². The number of hydrogen-bond acceptors (Lipinski definition) is 2. The molecular formula is C7H3F4NO. The van der Waals surface area contributed by atoms with Gasteiger partial charge in [0, 0.05) is 6.20 Å². The van der Waals surface area contributed by atoms with Gasteiger partial charge in [0.15, 0.2) is 6.29 Å². The van der Waals surface area contributed by atoms with Crippen LogP contribution in [0.5, 0.6) is 0 Å². The molecule has 0 aliphatic carbocycles. The van der Waals surface area contributed by atoms with E-state index in [1.165, 1.54) is 0 Å². The van der Waals surface area contributed by atoms with Crippen LogP contribution < -0.4 is 0 Å². The summed E-state index contributed by atoms with van der Waals surface area (Å²) in [5.74, 6) is -3.16. The van der Waals surface area contributed by atoms with Crippen molar-refractivity contribution in [2.24, 2.45) is 0 Å². The van der Waals surface area contributed by atoms with E-state index in [1.54, 1.807) is 0 Å². The average molecular weight is 193 g/mol. The van der Waals surface area contributed by atoms with Crippen LogP contribution in [0.3, 0.4) is 0 Å². The average Bonchev–Trinajstić information content (AvgIpc) is 2.04. The van der Waals surface area contributed by atoms with Crippen molar-refractivity contribution < 1.29 is 22.4 Å². The molecule has 1 aromatic heterocycles. The third kappa shape index (κ3) is 1.66. The van der Waals surface area contributed by atoms with Crippen LogP contribution in [0.1, 0.15) is 22.3 Å². The van der Waals surface area contributed by atoms with Gasteiger partial charge in [-0.15, -0.1) is 0 Å². The minimum atomic E-state index is -3.33. The van der Waals surface area contributed by atoms with Gasteiger partial charge < -0.3 is 0 Å². The molecule has 2 nitrogen and oxygen atoms in total. The molecular weight excluding hydrogens is 190 g/mol. The van der Waals surface area contributed by atoms with E-state index in [1.807, 2.05) is 0 Å². The van der Waals surface area contributed by atoms with Crippen molar-refractivity contribution in [3.8, 4) is 0 Å². The Morgan fingerprint density at radius 1 is 1.38 bits per heavy atom. The van der Waals surface area contributed by atoms with Crippen LogP contribution in [0, 0.1) is 11.8 Å². The minimum Gasteiger partial charge on any atom is -0.298 e. The summed E-state index contributed by atoms with van der Waals surface area (Å²) in [5.41, 5.74) is -2.15. The molecule has 0 aliphatic heterocycles. The van der Waals surface area contributed by atoms with Crippen LogP contribution >= 0.6 is 0 Å². The van der Waals surface area contributed by atoms with Gasteiger partial charge in [0.2, 0.25) is 5.95 Å². The van der Waals surface area contributed by atoms with Gasteiger partial charge in [-0.2, -0.15) is 4.39 Å². The van der Waals surface area contributed by atoms with E-state index in [0.29, 0.717) is 6.20 Å². The number of aldehydes is 1. The molecule has 0 aliphatic rings. The molecule has 0 N–H and O–H groups in total. The lowest BCUT2D eigenvalue weighted by molar-refractivity contribution is 0.111. The lowest BCUT2D eigenvalue weighted by atomic mass is 10.2. The van der Waals surface area contributed by atoms with Crippen molar-refractivity contribution in [2.45, 2.75) is 6.43 Å². The second-order valence-electron chi connectivity index (χ2n) is 2.15. The number of carbonyl (C=O) groups excluding carboxylic acids is 1. The van der Waals surface area contributed by atoms with Gasteiger partial charge in [-0.1, -0.05) is 0 Å². The standard InChI is InChI=1S/C7H3F4NO/c8-5-3(2-13)1-12-7(11)4(5)6(9)10/h1-2,6H. The molecule has 0 spiro atoms. The summed E-state index contributed by atoms with van der Waals surface area (Å²) in [5, 5.41) is 0. The highest BCUT2D eigenvalue weighted by Crippen LogP contribution is 2.24. The van der Waals surface area contributed by atoms with Crippen LogP contribution in [0.25, 0.3) is 0 Å². The molecule has 0 bridgehead atoms. The predicted molar refractivity (Wildman–Crippen MR) is 34.5 cm³/mol. The van der Waals surface area contributed by atoms with Crippen molar-refractivity contribution in [3.63, 3.8) is 0 Å². The monoisotopic (exact) mass is 193 g/mol. The van der Waals surface area contributed by atoms with Crippen LogP contribution in [0.15, 0.2) is 6.20 Å². The Morgan fingerprint density at radius 3 is 2.46 bits per heavy atom. The second-order valence-corrected chi connectivity index (χ2v) is 2.15. The zero-order valence-corrected chi connectivity index (χ0v) is 6.10. The Morgan fingerprint density at radius 2 is 2.00 bits per heavy atom.